The van der Waals surface area contributed by atoms with Crippen LogP contribution < -0.4 is 0 Å². The van der Waals surface area contributed by atoms with Crippen LogP contribution >= 0.6 is 34.0 Å². The van der Waals surface area contributed by atoms with Gasteiger partial charge in [-0.25, -0.2) is 44.9 Å². The molecule has 0 N–H and O–H groups in total. The Hall–Kier alpha value is -16.9. The molecule has 0 spiro atoms. The molecular weight excluding hydrogens is 1680 g/mol. The zero-order valence-corrected chi connectivity index (χ0v) is 74.2. The van der Waals surface area contributed by atoms with E-state index < -0.39 is 0 Å². The topological polar surface area (TPSA) is 116 Å². The predicted octanol–water partition coefficient (Wildman–Crippen LogP) is 32.9. The summed E-state index contributed by atoms with van der Waals surface area (Å²) in [6, 6.07) is 163. The molecule has 133 heavy (non-hydrogen) atoms. The van der Waals surface area contributed by atoms with Gasteiger partial charge in [0.1, 0.15) is 0 Å². The standard InChI is InChI=1S/C43H27N3S.2C39H25N3S/c1-2-8-28(9-3-1)30-14-19-32(20-15-30)41-44-42(46-43(45-41)36-23-18-29-10-4-5-11-34(29)26-36)33-21-16-31(17-22-33)35-24-25-38-37-12-6-7-13-39(37)47-40(38)27-35;1-3-12-26(13-4-1)37-40-38(27-14-5-2-6-15-27)42-39(41-37)31-19-10-17-29(25-31)28-16-9-18-30(24-28)32-21-11-22-34-33-20-7-8-23-35(33)43-36(32)34;1-3-9-26(10-4-1)27-15-19-30(20-16-27)38-40-37(29-11-5-2-6-12-29)41-39(42-38)31-21-17-28(18-22-31)32-23-24-34-33-13-7-8-14-35(33)43-36(34)25-32/h1-27H;2*1-25H. The monoisotopic (exact) mass is 1750 g/mol. The van der Waals surface area contributed by atoms with Gasteiger partial charge in [0.05, 0.1) is 0 Å². The minimum Gasteiger partial charge on any atom is -0.208 e. The highest BCUT2D eigenvalue weighted by Gasteiger charge is 2.21. The number of aromatic nitrogens is 9. The Balaban J connectivity index is 0.000000113. The second-order valence-electron chi connectivity index (χ2n) is 32.7. The first-order valence-electron chi connectivity index (χ1n) is 44.2. The lowest BCUT2D eigenvalue weighted by Crippen LogP contribution is -2.00. The fourth-order valence-electron chi connectivity index (χ4n) is 17.4. The fourth-order valence-corrected chi connectivity index (χ4v) is 20.9. The molecular formula is C121H77N9S3. The van der Waals surface area contributed by atoms with Crippen LogP contribution in [0.4, 0.5) is 0 Å². The number of rotatable bonds is 15. The maximum Gasteiger partial charge on any atom is 0.164 e. The molecule has 0 unspecified atom stereocenters. The Kier molecular flexibility index (Phi) is 21.8. The highest BCUT2D eigenvalue weighted by Crippen LogP contribution is 2.44. The molecule has 624 valence electrons. The molecule has 0 aliphatic carbocycles. The molecule has 9 nitrogen and oxygen atoms in total. The van der Waals surface area contributed by atoms with Crippen molar-refractivity contribution in [2.75, 3.05) is 0 Å². The summed E-state index contributed by atoms with van der Waals surface area (Å²) >= 11 is 5.55. The van der Waals surface area contributed by atoms with E-state index in [-0.39, 0.29) is 0 Å². The van der Waals surface area contributed by atoms with Gasteiger partial charge in [0, 0.05) is 111 Å². The summed E-state index contributed by atoms with van der Waals surface area (Å²) in [6.45, 7) is 0. The van der Waals surface area contributed by atoms with Gasteiger partial charge >= 0.3 is 0 Å². The van der Waals surface area contributed by atoms with Crippen molar-refractivity contribution in [3.8, 4) is 169 Å². The smallest absolute Gasteiger partial charge is 0.164 e. The number of benzene rings is 19. The van der Waals surface area contributed by atoms with E-state index in [1.54, 1.807) is 0 Å². The Bertz CT molecular complexity index is 8530. The Morgan fingerprint density at radius 1 is 0.120 bits per heavy atom. The molecule has 6 heterocycles. The second-order valence-corrected chi connectivity index (χ2v) is 35.9. The van der Waals surface area contributed by atoms with E-state index in [0.717, 1.165) is 88.8 Å². The average Bonchev–Trinajstić information content (AvgIpc) is 1.64. The number of fused-ring (bicyclic) bond motifs is 10. The van der Waals surface area contributed by atoms with Gasteiger partial charge in [0.25, 0.3) is 0 Å². The van der Waals surface area contributed by atoms with Crippen LogP contribution in [0.25, 0.3) is 241 Å². The van der Waals surface area contributed by atoms with E-state index >= 15 is 0 Å². The fraction of sp³-hybridized carbons (Fsp3) is 0. The first-order chi connectivity index (χ1) is 65.8. The molecule has 0 radical (unpaired) electrons. The average molecular weight is 1750 g/mol. The van der Waals surface area contributed by atoms with Crippen molar-refractivity contribution in [3.63, 3.8) is 0 Å². The lowest BCUT2D eigenvalue weighted by Gasteiger charge is -2.10. The van der Waals surface area contributed by atoms with Crippen LogP contribution in [-0.4, -0.2) is 44.9 Å². The molecule has 6 aromatic heterocycles. The van der Waals surface area contributed by atoms with Gasteiger partial charge < -0.3 is 0 Å². The Morgan fingerprint density at radius 2 is 0.353 bits per heavy atom. The van der Waals surface area contributed by atoms with Crippen molar-refractivity contribution >= 4 is 105 Å². The van der Waals surface area contributed by atoms with Gasteiger partial charge in [-0.1, -0.05) is 419 Å². The molecule has 0 fully saturated rings. The van der Waals surface area contributed by atoms with Gasteiger partial charge in [-0.3, -0.25) is 0 Å². The predicted molar refractivity (Wildman–Crippen MR) is 557 cm³/mol. The van der Waals surface area contributed by atoms with Gasteiger partial charge in [0.2, 0.25) is 0 Å². The van der Waals surface area contributed by atoms with Gasteiger partial charge in [-0.15, -0.1) is 34.0 Å². The number of hydrogen-bond donors (Lipinski definition) is 0. The Morgan fingerprint density at radius 3 is 0.759 bits per heavy atom. The minimum atomic E-state index is 0.650. The maximum atomic E-state index is 5.02. The maximum absolute atomic E-state index is 5.02. The summed E-state index contributed by atoms with van der Waals surface area (Å²) in [6.07, 6.45) is 0. The molecule has 12 heteroatoms. The number of nitrogens with zero attached hydrogens (tertiary/aromatic N) is 9. The SMILES string of the molecule is c1ccc(-c2ccc(-c3nc(-c4ccc(-c5ccc6c(c5)sc5ccccc56)cc4)nc(-c4ccc5ccccc5c4)n3)cc2)cc1.c1ccc(-c2ccc(-c3nc(-c4ccccc4)nc(-c4ccc(-c5ccc6c(c5)sc5ccccc56)cc4)n3)cc2)cc1.c1ccc(-c2nc(-c3ccccc3)nc(-c3cccc(-c4cccc(-c5cccc6c5sc5ccccc56)c4)c3)n2)cc1. The van der Waals surface area contributed by atoms with E-state index in [0.29, 0.717) is 52.4 Å². The van der Waals surface area contributed by atoms with Crippen LogP contribution in [0, 0.1) is 0 Å². The summed E-state index contributed by atoms with van der Waals surface area (Å²) in [7, 11) is 0. The van der Waals surface area contributed by atoms with Gasteiger partial charge in [0.15, 0.2) is 52.4 Å². The molecule has 25 aromatic rings. The van der Waals surface area contributed by atoms with Crippen LogP contribution in [0.5, 0.6) is 0 Å². The van der Waals surface area contributed by atoms with E-state index in [9.17, 15) is 0 Å². The molecule has 0 saturated carbocycles. The largest absolute Gasteiger partial charge is 0.208 e. The quantitative estimate of drug-likeness (QED) is 0.0989. The lowest BCUT2D eigenvalue weighted by molar-refractivity contribution is 1.07. The lowest BCUT2D eigenvalue weighted by atomic mass is 9.97. The van der Waals surface area contributed by atoms with E-state index in [1.165, 1.54) is 99.3 Å². The van der Waals surface area contributed by atoms with Crippen molar-refractivity contribution < 1.29 is 0 Å². The molecule has 0 aliphatic heterocycles. The molecule has 0 amide bonds. The van der Waals surface area contributed by atoms with Crippen molar-refractivity contribution in [1.82, 2.24) is 44.9 Å². The first-order valence-corrected chi connectivity index (χ1v) is 46.7. The molecule has 19 aromatic carbocycles. The summed E-state index contributed by atoms with van der Waals surface area (Å²) < 4.78 is 7.87. The van der Waals surface area contributed by atoms with Gasteiger partial charge in [-0.05, 0) is 126 Å². The van der Waals surface area contributed by atoms with Crippen molar-refractivity contribution in [1.29, 1.82) is 0 Å². The number of hydrogen-bond acceptors (Lipinski definition) is 12. The normalized spacial score (nSPS) is 11.3. The third-order valence-electron chi connectivity index (χ3n) is 24.3. The highest BCUT2D eigenvalue weighted by atomic mass is 32.1. The highest BCUT2D eigenvalue weighted by molar-refractivity contribution is 7.27. The minimum absolute atomic E-state index is 0.650. The van der Waals surface area contributed by atoms with Crippen molar-refractivity contribution in [2.45, 2.75) is 0 Å². The van der Waals surface area contributed by atoms with E-state index in [1.807, 2.05) is 137 Å². The summed E-state index contributed by atoms with van der Waals surface area (Å²) in [5.41, 5.74) is 22.7. The molecule has 0 atom stereocenters. The Labute approximate surface area is 780 Å². The first kappa shape index (κ1) is 80.7. The van der Waals surface area contributed by atoms with Gasteiger partial charge in [-0.2, -0.15) is 0 Å². The second kappa shape index (κ2) is 36.0. The van der Waals surface area contributed by atoms with E-state index in [4.69, 9.17) is 44.9 Å². The molecule has 0 aliphatic rings. The third kappa shape index (κ3) is 16.8. The number of thiophene rings is 3. The van der Waals surface area contributed by atoms with Crippen LogP contribution in [0.2, 0.25) is 0 Å². The van der Waals surface area contributed by atoms with Crippen LogP contribution in [-0.2, 0) is 0 Å². The molecule has 0 bridgehead atoms. The zero-order valence-electron chi connectivity index (χ0n) is 71.7. The van der Waals surface area contributed by atoms with Crippen molar-refractivity contribution in [2.24, 2.45) is 0 Å². The molecule has 25 rings (SSSR count). The third-order valence-corrected chi connectivity index (χ3v) is 27.7. The van der Waals surface area contributed by atoms with Crippen molar-refractivity contribution in [3.05, 3.63) is 467 Å². The van der Waals surface area contributed by atoms with E-state index in [2.05, 4.69) is 364 Å². The zero-order chi connectivity index (χ0) is 88.3. The van der Waals surface area contributed by atoms with Crippen LogP contribution in [0.3, 0.4) is 0 Å². The summed E-state index contributed by atoms with van der Waals surface area (Å²) in [5.74, 6) is 5.90. The van der Waals surface area contributed by atoms with Crippen LogP contribution in [0.15, 0.2) is 467 Å². The van der Waals surface area contributed by atoms with Crippen LogP contribution in [0.1, 0.15) is 0 Å². The molecule has 0 saturated heterocycles. The summed E-state index contributed by atoms with van der Waals surface area (Å²) in [5, 5.41) is 10.2. The summed E-state index contributed by atoms with van der Waals surface area (Å²) in [4.78, 5) is 44.5.